The molecule has 228 valence electrons. The van der Waals surface area contributed by atoms with Gasteiger partial charge in [0.25, 0.3) is 0 Å². The van der Waals surface area contributed by atoms with Crippen LogP contribution in [0.1, 0.15) is 68.4 Å². The van der Waals surface area contributed by atoms with Crippen LogP contribution in [-0.4, -0.2) is 68.1 Å². The van der Waals surface area contributed by atoms with Crippen molar-refractivity contribution in [3.05, 3.63) is 53.9 Å². The second kappa shape index (κ2) is 15.7. The minimum Gasteiger partial charge on any atom is -0.493 e. The fourth-order valence-electron chi connectivity index (χ4n) is 5.55. The van der Waals surface area contributed by atoms with Crippen molar-refractivity contribution in [2.24, 2.45) is 11.8 Å². The molecule has 1 aromatic heterocycles. The maximum absolute atomic E-state index is 13.4. The minimum absolute atomic E-state index is 0.00629. The van der Waals surface area contributed by atoms with E-state index < -0.39 is 36.5 Å². The van der Waals surface area contributed by atoms with E-state index in [2.05, 4.69) is 17.1 Å². The number of cyclic esters (lactones) is 1. The van der Waals surface area contributed by atoms with Crippen molar-refractivity contribution in [3.8, 4) is 11.5 Å². The molecule has 4 atom stereocenters. The number of carbonyl (C=O) groups is 3. The smallest absolute Gasteiger partial charge is 0.312 e. The monoisotopic (exact) mass is 583 g/mol. The Kier molecular flexibility index (Phi) is 11.7. The predicted molar refractivity (Wildman–Crippen MR) is 152 cm³/mol. The van der Waals surface area contributed by atoms with Gasteiger partial charge in [-0.1, -0.05) is 49.6 Å². The number of aromatic nitrogens is 1. The van der Waals surface area contributed by atoms with Crippen molar-refractivity contribution in [1.82, 2.24) is 4.98 Å². The maximum Gasteiger partial charge on any atom is 0.312 e. The number of ketones is 1. The fraction of sp³-hybridized carbons (Fsp3) is 0.562. The molecule has 1 saturated heterocycles. The molecular weight excluding hydrogens is 542 g/mol. The zero-order valence-electron chi connectivity index (χ0n) is 24.6. The number of rotatable bonds is 11. The highest BCUT2D eigenvalue weighted by Gasteiger charge is 2.37. The molecule has 2 aliphatic rings. The second-order valence-electron chi connectivity index (χ2n) is 10.9. The third-order valence-corrected chi connectivity index (χ3v) is 7.71. The van der Waals surface area contributed by atoms with E-state index in [1.807, 2.05) is 25.1 Å². The molecule has 2 fully saturated rings. The van der Waals surface area contributed by atoms with Crippen molar-refractivity contribution in [2.75, 3.05) is 27.1 Å². The molecule has 0 radical (unpaired) electrons. The first-order chi connectivity index (χ1) is 20.4. The molecule has 10 nitrogen and oxygen atoms in total. The Labute approximate surface area is 247 Å². The summed E-state index contributed by atoms with van der Waals surface area (Å²) in [6.45, 7) is 3.04. The average molecular weight is 584 g/mol. The van der Waals surface area contributed by atoms with E-state index in [4.69, 9.17) is 28.4 Å². The fourth-order valence-corrected chi connectivity index (χ4v) is 5.55. The van der Waals surface area contributed by atoms with E-state index in [-0.39, 0.29) is 48.3 Å². The van der Waals surface area contributed by atoms with Crippen LogP contribution in [0.5, 0.6) is 11.5 Å². The molecule has 1 aromatic carbocycles. The number of pyridine rings is 1. The Morgan fingerprint density at radius 2 is 1.81 bits per heavy atom. The largest absolute Gasteiger partial charge is 0.493 e. The van der Waals surface area contributed by atoms with E-state index >= 15 is 0 Å². The summed E-state index contributed by atoms with van der Waals surface area (Å²) in [5.41, 5.74) is 1.11. The first-order valence-corrected chi connectivity index (χ1v) is 14.7. The number of hydrogen-bond donors (Lipinski definition) is 0. The van der Waals surface area contributed by atoms with Crippen LogP contribution in [0.2, 0.25) is 0 Å². The van der Waals surface area contributed by atoms with Crippen LogP contribution in [0.3, 0.4) is 0 Å². The zero-order chi connectivity index (χ0) is 29.9. The highest BCUT2D eigenvalue weighted by Crippen LogP contribution is 2.32. The van der Waals surface area contributed by atoms with Gasteiger partial charge in [-0.2, -0.15) is 0 Å². The van der Waals surface area contributed by atoms with Gasteiger partial charge in [0, 0.05) is 31.5 Å². The van der Waals surface area contributed by atoms with Gasteiger partial charge in [-0.15, -0.1) is 0 Å². The molecule has 1 aliphatic carbocycles. The van der Waals surface area contributed by atoms with Crippen LogP contribution >= 0.6 is 0 Å². The van der Waals surface area contributed by atoms with Crippen molar-refractivity contribution in [2.45, 2.75) is 77.1 Å². The normalized spacial score (nSPS) is 23.5. The number of Topliss-reactive ketones (excluding diaryl/α,β-unsaturated/α-hetero) is 1. The number of methoxy groups -OCH3 is 1. The maximum atomic E-state index is 13.4. The van der Waals surface area contributed by atoms with E-state index in [0.717, 1.165) is 31.2 Å². The molecule has 2 aromatic rings. The molecule has 0 N–H and O–H groups in total. The number of hydrogen-bond acceptors (Lipinski definition) is 10. The predicted octanol–water partition coefficient (Wildman–Crippen LogP) is 4.72. The molecule has 10 heteroatoms. The summed E-state index contributed by atoms with van der Waals surface area (Å²) >= 11 is 0. The highest BCUT2D eigenvalue weighted by molar-refractivity contribution is 5.99. The summed E-state index contributed by atoms with van der Waals surface area (Å²) in [4.78, 5) is 42.2. The van der Waals surface area contributed by atoms with Gasteiger partial charge in [0.2, 0.25) is 6.79 Å². The summed E-state index contributed by atoms with van der Waals surface area (Å²) in [6.07, 6.45) is 6.57. The summed E-state index contributed by atoms with van der Waals surface area (Å²) in [7, 11) is 1.42. The van der Waals surface area contributed by atoms with E-state index in [1.54, 1.807) is 0 Å². The Morgan fingerprint density at radius 3 is 2.52 bits per heavy atom. The second-order valence-corrected chi connectivity index (χ2v) is 10.9. The van der Waals surface area contributed by atoms with E-state index in [0.29, 0.717) is 13.0 Å². The van der Waals surface area contributed by atoms with E-state index in [1.165, 1.54) is 32.7 Å². The first kappa shape index (κ1) is 31.4. The molecule has 0 spiro atoms. The number of esters is 2. The van der Waals surface area contributed by atoms with Gasteiger partial charge in [0.1, 0.15) is 6.10 Å². The lowest BCUT2D eigenvalue weighted by Gasteiger charge is -2.35. The Morgan fingerprint density at radius 1 is 1.05 bits per heavy atom. The van der Waals surface area contributed by atoms with Crippen LogP contribution in [0, 0.1) is 11.8 Å². The van der Waals surface area contributed by atoms with Crippen LogP contribution in [0.4, 0.5) is 0 Å². The van der Waals surface area contributed by atoms with Crippen molar-refractivity contribution < 1.29 is 42.8 Å². The number of benzene rings is 1. The lowest BCUT2D eigenvalue weighted by Crippen LogP contribution is -2.42. The first-order valence-electron chi connectivity index (χ1n) is 14.7. The third-order valence-electron chi connectivity index (χ3n) is 7.71. The standard InChI is InChI=1S/C32H41NO9/c1-21-30(42-26-12-8-5-9-13-26)24(16-23-10-6-4-7-11-23)18-38-19-25(32(36)41-21)17-27(35)29-31(40-20-39-22(2)34)28(37-3)14-15-33-29/h4,6-7,10-11,14-15,21,24-26,30H,5,8-9,12-13,16-20H2,1-3H3/t21-,24-,25-,30-/m0/s1. The lowest BCUT2D eigenvalue weighted by atomic mass is 9.90. The van der Waals surface area contributed by atoms with Gasteiger partial charge in [0.15, 0.2) is 23.0 Å². The third kappa shape index (κ3) is 8.75. The van der Waals surface area contributed by atoms with Gasteiger partial charge >= 0.3 is 11.9 Å². The molecule has 0 unspecified atom stereocenters. The Balaban J connectivity index is 1.51. The topological polar surface area (TPSA) is 119 Å². The molecule has 42 heavy (non-hydrogen) atoms. The number of ether oxygens (including phenoxy) is 6. The van der Waals surface area contributed by atoms with Crippen LogP contribution in [0.25, 0.3) is 0 Å². The summed E-state index contributed by atoms with van der Waals surface area (Å²) in [5, 5.41) is 0. The zero-order valence-corrected chi connectivity index (χ0v) is 24.6. The van der Waals surface area contributed by atoms with Crippen LogP contribution < -0.4 is 9.47 Å². The van der Waals surface area contributed by atoms with Gasteiger partial charge < -0.3 is 28.4 Å². The Hall–Kier alpha value is -3.50. The molecule has 4 rings (SSSR count). The molecule has 1 aliphatic heterocycles. The Bertz CT molecular complexity index is 1180. The molecule has 1 saturated carbocycles. The van der Waals surface area contributed by atoms with Crippen molar-refractivity contribution >= 4 is 17.7 Å². The van der Waals surface area contributed by atoms with Crippen LogP contribution in [-0.2, 0) is 35.0 Å². The SMILES string of the molecule is COc1ccnc(C(=O)C[C@H]2COC[C@H](Cc3ccccc3)[C@@H](OC3CCCCC3)[C@H](C)OC2=O)c1OCOC(C)=O. The van der Waals surface area contributed by atoms with E-state index in [9.17, 15) is 14.4 Å². The summed E-state index contributed by atoms with van der Waals surface area (Å²) < 4.78 is 34.5. The quantitative estimate of drug-likeness (QED) is 0.209. The van der Waals surface area contributed by atoms with Gasteiger partial charge in [-0.25, -0.2) is 4.98 Å². The van der Waals surface area contributed by atoms with Crippen LogP contribution in [0.15, 0.2) is 42.6 Å². The summed E-state index contributed by atoms with van der Waals surface area (Å²) in [6, 6.07) is 11.7. The highest BCUT2D eigenvalue weighted by atomic mass is 16.7. The van der Waals surface area contributed by atoms with Crippen molar-refractivity contribution in [3.63, 3.8) is 0 Å². The average Bonchev–Trinajstić information content (AvgIpc) is 3.03. The van der Waals surface area contributed by atoms with Crippen molar-refractivity contribution in [1.29, 1.82) is 0 Å². The minimum atomic E-state index is -0.861. The number of nitrogens with zero attached hydrogens (tertiary/aromatic N) is 1. The molecule has 0 bridgehead atoms. The van der Waals surface area contributed by atoms with Gasteiger partial charge in [0.05, 0.1) is 38.4 Å². The molecule has 0 amide bonds. The molecular formula is C32H41NO9. The lowest BCUT2D eigenvalue weighted by molar-refractivity contribution is -0.168. The summed E-state index contributed by atoms with van der Waals surface area (Å²) in [5.74, 6) is -2.16. The van der Waals surface area contributed by atoms with Gasteiger partial charge in [-0.3, -0.25) is 14.4 Å². The molecule has 2 heterocycles. The van der Waals surface area contributed by atoms with Gasteiger partial charge in [-0.05, 0) is 31.7 Å². The number of carbonyl (C=O) groups excluding carboxylic acids is 3.